The van der Waals surface area contributed by atoms with Crippen LogP contribution in [0.4, 0.5) is 0 Å². The van der Waals surface area contributed by atoms with Crippen LogP contribution in [0, 0.1) is 0 Å². The van der Waals surface area contributed by atoms with Gasteiger partial charge in [-0.15, -0.1) is 0 Å². The maximum absolute atomic E-state index is 13.0. The molecule has 2 heterocycles. The molecule has 0 spiro atoms. The smallest absolute Gasteiger partial charge is 0.200 e. The van der Waals surface area contributed by atoms with Crippen LogP contribution in [0.25, 0.3) is 22.1 Å². The molecule has 1 aliphatic heterocycles. The third-order valence-corrected chi connectivity index (χ3v) is 5.15. The van der Waals surface area contributed by atoms with Gasteiger partial charge < -0.3 is 19.2 Å². The van der Waals surface area contributed by atoms with Crippen LogP contribution in [0.15, 0.2) is 57.9 Å². The second-order valence-corrected chi connectivity index (χ2v) is 7.38. The summed E-state index contributed by atoms with van der Waals surface area (Å²) in [4.78, 5) is 14.3. The highest BCUT2D eigenvalue weighted by Gasteiger charge is 2.27. The maximum Gasteiger partial charge on any atom is 0.200 e. The molecule has 5 heteroatoms. The van der Waals surface area contributed by atoms with Crippen LogP contribution in [0.2, 0.25) is 0 Å². The molecule has 1 fully saturated rings. The number of hydrogen-bond acceptors (Lipinski definition) is 4. The number of phenols is 1. The van der Waals surface area contributed by atoms with E-state index in [1.807, 2.05) is 30.3 Å². The number of phenolic OH excluding ortho intramolecular Hbond substituents is 1. The number of quaternary nitrogens is 1. The second kappa shape index (κ2) is 7.18. The highest BCUT2D eigenvalue weighted by Crippen LogP contribution is 2.27. The molecule has 0 aliphatic carbocycles. The van der Waals surface area contributed by atoms with Gasteiger partial charge in [-0.25, -0.2) is 0 Å². The van der Waals surface area contributed by atoms with Crippen LogP contribution in [-0.2, 0) is 11.3 Å². The normalized spacial score (nSPS) is 22.8. The van der Waals surface area contributed by atoms with Gasteiger partial charge in [0.2, 0.25) is 5.43 Å². The molecule has 1 aromatic heterocycles. The highest BCUT2D eigenvalue weighted by atomic mass is 16.5. The van der Waals surface area contributed by atoms with E-state index in [0.29, 0.717) is 28.6 Å². The number of fused-ring (bicyclic) bond motifs is 1. The minimum Gasteiger partial charge on any atom is -0.507 e. The van der Waals surface area contributed by atoms with E-state index in [-0.39, 0.29) is 23.4 Å². The first-order valence-electron chi connectivity index (χ1n) is 9.33. The molecule has 0 radical (unpaired) electrons. The fourth-order valence-corrected chi connectivity index (χ4v) is 4.02. The van der Waals surface area contributed by atoms with E-state index in [0.717, 1.165) is 18.7 Å². The van der Waals surface area contributed by atoms with E-state index in [9.17, 15) is 9.90 Å². The van der Waals surface area contributed by atoms with E-state index < -0.39 is 0 Å². The Morgan fingerprint density at radius 1 is 1.07 bits per heavy atom. The number of nitrogens with one attached hydrogen (secondary N) is 1. The molecule has 3 aromatic rings. The number of hydrogen-bond donors (Lipinski definition) is 2. The minimum atomic E-state index is -0.0811. The van der Waals surface area contributed by atoms with Crippen molar-refractivity contribution in [1.82, 2.24) is 0 Å². The van der Waals surface area contributed by atoms with E-state index >= 15 is 0 Å². The van der Waals surface area contributed by atoms with Gasteiger partial charge in [-0.2, -0.15) is 0 Å². The summed E-state index contributed by atoms with van der Waals surface area (Å²) in [7, 11) is 0. The molecule has 1 saturated heterocycles. The summed E-state index contributed by atoms with van der Waals surface area (Å²) in [5.41, 5.74) is 2.42. The maximum atomic E-state index is 13.0. The standard InChI is InChI=1S/C22H23NO4/c1-14-10-23(11-15(2)27-14)12-18-20(24)9-8-17-21(25)19(13-26-22(17)18)16-6-4-3-5-7-16/h3-9,13-15,24H,10-12H2,1-2H3/p+1/t14-,15+. The highest BCUT2D eigenvalue weighted by molar-refractivity contribution is 5.85. The molecular formula is C22H24NO4+. The molecular weight excluding hydrogens is 342 g/mol. The molecule has 1 aliphatic rings. The molecule has 0 bridgehead atoms. The zero-order valence-electron chi connectivity index (χ0n) is 15.6. The molecule has 27 heavy (non-hydrogen) atoms. The summed E-state index contributed by atoms with van der Waals surface area (Å²) in [5, 5.41) is 10.9. The Labute approximate surface area is 157 Å². The van der Waals surface area contributed by atoms with Crippen molar-refractivity contribution in [2.45, 2.75) is 32.6 Å². The third kappa shape index (κ3) is 3.48. The number of morpholine rings is 1. The lowest BCUT2D eigenvalue weighted by molar-refractivity contribution is -0.928. The first-order chi connectivity index (χ1) is 13.0. The van der Waals surface area contributed by atoms with Crippen molar-refractivity contribution in [3.63, 3.8) is 0 Å². The summed E-state index contributed by atoms with van der Waals surface area (Å²) in [6.07, 6.45) is 1.83. The fraction of sp³-hybridized carbons (Fsp3) is 0.318. The Morgan fingerprint density at radius 3 is 2.48 bits per heavy atom. The average Bonchev–Trinajstić information content (AvgIpc) is 2.64. The monoisotopic (exact) mass is 366 g/mol. The summed E-state index contributed by atoms with van der Waals surface area (Å²) < 4.78 is 11.7. The Kier molecular flexibility index (Phi) is 4.72. The number of benzene rings is 2. The van der Waals surface area contributed by atoms with Gasteiger partial charge in [-0.1, -0.05) is 30.3 Å². The molecule has 5 nitrogen and oxygen atoms in total. The van der Waals surface area contributed by atoms with Crippen molar-refractivity contribution in [3.8, 4) is 16.9 Å². The number of ether oxygens (including phenoxy) is 1. The predicted molar refractivity (Wildman–Crippen MR) is 104 cm³/mol. The number of aromatic hydroxyl groups is 1. The van der Waals surface area contributed by atoms with Crippen molar-refractivity contribution < 1.29 is 19.2 Å². The van der Waals surface area contributed by atoms with Gasteiger partial charge in [0.15, 0.2) is 0 Å². The first kappa shape index (κ1) is 17.8. The summed E-state index contributed by atoms with van der Waals surface area (Å²) in [5.74, 6) is 0.164. The van der Waals surface area contributed by atoms with Gasteiger partial charge in [-0.05, 0) is 31.5 Å². The van der Waals surface area contributed by atoms with Crippen LogP contribution < -0.4 is 10.3 Å². The lowest BCUT2D eigenvalue weighted by Gasteiger charge is -2.32. The van der Waals surface area contributed by atoms with Crippen molar-refractivity contribution >= 4 is 11.0 Å². The SMILES string of the molecule is C[C@@H]1C[NH+](Cc2c(O)ccc3c(=O)c(-c4ccccc4)coc23)C[C@H](C)O1. The van der Waals surface area contributed by atoms with Gasteiger partial charge in [0.25, 0.3) is 0 Å². The lowest BCUT2D eigenvalue weighted by atomic mass is 10.0. The molecule has 4 rings (SSSR count). The molecule has 1 unspecified atom stereocenters. The molecule has 2 N–H and O–H groups in total. The largest absolute Gasteiger partial charge is 0.507 e. The molecule has 140 valence electrons. The summed E-state index contributed by atoms with van der Waals surface area (Å²) in [6, 6.07) is 12.7. The predicted octanol–water partition coefficient (Wildman–Crippen LogP) is 2.36. The van der Waals surface area contributed by atoms with Crippen LogP contribution in [0.5, 0.6) is 5.75 Å². The summed E-state index contributed by atoms with van der Waals surface area (Å²) >= 11 is 0. The topological polar surface area (TPSA) is 64.1 Å². The zero-order valence-corrected chi connectivity index (χ0v) is 15.6. The van der Waals surface area contributed by atoms with Crippen LogP contribution >= 0.6 is 0 Å². The van der Waals surface area contributed by atoms with Crippen LogP contribution in [0.1, 0.15) is 19.4 Å². The summed E-state index contributed by atoms with van der Waals surface area (Å²) in [6.45, 7) is 6.42. The molecule has 2 aromatic carbocycles. The Bertz CT molecular complexity index is 1000. The van der Waals surface area contributed by atoms with Crippen molar-refractivity contribution in [3.05, 3.63) is 64.5 Å². The number of rotatable bonds is 3. The zero-order chi connectivity index (χ0) is 19.0. The van der Waals surface area contributed by atoms with Crippen LogP contribution in [-0.4, -0.2) is 30.4 Å². The Morgan fingerprint density at radius 2 is 1.78 bits per heavy atom. The van der Waals surface area contributed by atoms with Crippen LogP contribution in [0.3, 0.4) is 0 Å². The Balaban J connectivity index is 1.76. The van der Waals surface area contributed by atoms with Gasteiger partial charge >= 0.3 is 0 Å². The van der Waals surface area contributed by atoms with Gasteiger partial charge in [0.05, 0.1) is 16.5 Å². The van der Waals surface area contributed by atoms with Crippen molar-refractivity contribution in [2.75, 3.05) is 13.1 Å². The van der Waals surface area contributed by atoms with Gasteiger partial charge in [-0.3, -0.25) is 4.79 Å². The van der Waals surface area contributed by atoms with E-state index in [2.05, 4.69) is 13.8 Å². The fourth-order valence-electron chi connectivity index (χ4n) is 4.02. The molecule has 0 saturated carbocycles. The Hall–Kier alpha value is -2.63. The van der Waals surface area contributed by atoms with E-state index in [1.54, 1.807) is 12.1 Å². The minimum absolute atomic E-state index is 0.0811. The van der Waals surface area contributed by atoms with E-state index in [4.69, 9.17) is 9.15 Å². The van der Waals surface area contributed by atoms with Crippen molar-refractivity contribution in [1.29, 1.82) is 0 Å². The third-order valence-electron chi connectivity index (χ3n) is 5.15. The molecule has 3 atom stereocenters. The van der Waals surface area contributed by atoms with Gasteiger partial charge in [0.1, 0.15) is 49.4 Å². The van der Waals surface area contributed by atoms with E-state index in [1.165, 1.54) is 11.2 Å². The molecule has 0 amide bonds. The average molecular weight is 366 g/mol. The first-order valence-corrected chi connectivity index (χ1v) is 9.33. The van der Waals surface area contributed by atoms with Gasteiger partial charge in [0, 0.05) is 0 Å². The second-order valence-electron chi connectivity index (χ2n) is 7.38. The lowest BCUT2D eigenvalue weighted by Crippen LogP contribution is -3.14. The van der Waals surface area contributed by atoms with Crippen molar-refractivity contribution in [2.24, 2.45) is 0 Å². The quantitative estimate of drug-likeness (QED) is 0.747.